The molecule has 92 valence electrons. The number of esters is 2. The monoisotopic (exact) mass is 292 g/mol. The first-order chi connectivity index (χ1) is 7.65. The van der Waals surface area contributed by atoms with Crippen LogP contribution in [0.4, 0.5) is 0 Å². The van der Waals surface area contributed by atoms with Crippen molar-refractivity contribution >= 4 is 27.9 Å². The lowest BCUT2D eigenvalue weighted by Gasteiger charge is -2.11. The minimum atomic E-state index is -0.307. The number of methoxy groups -OCH3 is 2. The van der Waals surface area contributed by atoms with Crippen molar-refractivity contribution in [3.05, 3.63) is 12.2 Å². The smallest absolute Gasteiger partial charge is 0.308 e. The van der Waals surface area contributed by atoms with Gasteiger partial charge in [-0.1, -0.05) is 28.1 Å². The van der Waals surface area contributed by atoms with Crippen LogP contribution in [-0.2, 0) is 19.1 Å². The first-order valence-electron chi connectivity index (χ1n) is 5.01. The number of alkyl halides is 1. The zero-order valence-corrected chi connectivity index (χ0v) is 11.2. The van der Waals surface area contributed by atoms with Crippen molar-refractivity contribution < 1.29 is 19.1 Å². The second-order valence-corrected chi connectivity index (χ2v) is 3.84. The van der Waals surface area contributed by atoms with Crippen molar-refractivity contribution in [1.82, 2.24) is 0 Å². The maximum atomic E-state index is 11.4. The third kappa shape index (κ3) is 6.61. The first kappa shape index (κ1) is 15.2. The average Bonchev–Trinajstić information content (AvgIpc) is 2.32. The van der Waals surface area contributed by atoms with Gasteiger partial charge in [-0.25, -0.2) is 0 Å². The van der Waals surface area contributed by atoms with Crippen molar-refractivity contribution in [1.29, 1.82) is 0 Å². The summed E-state index contributed by atoms with van der Waals surface area (Å²) in [6.45, 7) is 0. The number of carbonyl (C=O) groups excluding carboxylic acids is 2. The lowest BCUT2D eigenvalue weighted by atomic mass is 9.99. The van der Waals surface area contributed by atoms with Crippen LogP contribution in [0, 0.1) is 5.92 Å². The highest BCUT2D eigenvalue weighted by atomic mass is 79.9. The van der Waals surface area contributed by atoms with E-state index in [1.165, 1.54) is 14.2 Å². The van der Waals surface area contributed by atoms with Gasteiger partial charge in [0.2, 0.25) is 0 Å². The number of ether oxygens (including phenoxy) is 2. The molecule has 0 saturated heterocycles. The van der Waals surface area contributed by atoms with Crippen LogP contribution in [-0.4, -0.2) is 31.5 Å². The predicted octanol–water partition coefficient (Wildman–Crippen LogP) is 2.07. The summed E-state index contributed by atoms with van der Waals surface area (Å²) in [5, 5.41) is 0.748. The molecule has 0 N–H and O–H groups in total. The fourth-order valence-corrected chi connectivity index (χ4v) is 1.48. The molecule has 0 aliphatic carbocycles. The molecular formula is C11H17BrO4. The second-order valence-electron chi connectivity index (χ2n) is 3.20. The highest BCUT2D eigenvalue weighted by Gasteiger charge is 2.19. The number of carbonyl (C=O) groups is 2. The fraction of sp³-hybridized carbons (Fsp3) is 0.636. The summed E-state index contributed by atoms with van der Waals surface area (Å²) in [7, 11) is 2.68. The topological polar surface area (TPSA) is 52.6 Å². The summed E-state index contributed by atoms with van der Waals surface area (Å²) >= 11 is 3.25. The van der Waals surface area contributed by atoms with E-state index in [1.54, 1.807) is 0 Å². The zero-order valence-electron chi connectivity index (χ0n) is 9.57. The van der Waals surface area contributed by atoms with Crippen LogP contribution in [0.5, 0.6) is 0 Å². The summed E-state index contributed by atoms with van der Waals surface area (Å²) in [6.07, 6.45) is 5.07. The Kier molecular flexibility index (Phi) is 8.90. The highest BCUT2D eigenvalue weighted by molar-refractivity contribution is 9.09. The maximum absolute atomic E-state index is 11.4. The Balaban J connectivity index is 4.15. The van der Waals surface area contributed by atoms with Crippen molar-refractivity contribution in [2.45, 2.75) is 19.3 Å². The van der Waals surface area contributed by atoms with Gasteiger partial charge in [0.15, 0.2) is 0 Å². The van der Waals surface area contributed by atoms with Gasteiger partial charge in [0, 0.05) is 11.8 Å². The maximum Gasteiger partial charge on any atom is 0.308 e. The molecule has 0 saturated carbocycles. The molecule has 0 aromatic carbocycles. The molecule has 0 bridgehead atoms. The lowest BCUT2D eigenvalue weighted by molar-refractivity contribution is -0.146. The molecule has 0 rings (SSSR count). The lowest BCUT2D eigenvalue weighted by Crippen LogP contribution is -2.17. The van der Waals surface area contributed by atoms with Crippen molar-refractivity contribution in [2.24, 2.45) is 5.92 Å². The van der Waals surface area contributed by atoms with E-state index in [4.69, 9.17) is 0 Å². The third-order valence-electron chi connectivity index (χ3n) is 2.14. The van der Waals surface area contributed by atoms with E-state index in [2.05, 4.69) is 25.4 Å². The molecule has 5 heteroatoms. The normalized spacial score (nSPS) is 12.4. The molecule has 16 heavy (non-hydrogen) atoms. The molecule has 0 fully saturated rings. The van der Waals surface area contributed by atoms with E-state index in [0.29, 0.717) is 12.8 Å². The summed E-state index contributed by atoms with van der Waals surface area (Å²) in [5.74, 6) is -0.874. The number of hydrogen-bond donors (Lipinski definition) is 0. The Bertz CT molecular complexity index is 250. The molecule has 0 aliphatic heterocycles. The van der Waals surface area contributed by atoms with Gasteiger partial charge in [-0.3, -0.25) is 9.59 Å². The van der Waals surface area contributed by atoms with Crippen LogP contribution < -0.4 is 0 Å². The van der Waals surface area contributed by atoms with Gasteiger partial charge >= 0.3 is 11.9 Å². The van der Waals surface area contributed by atoms with Gasteiger partial charge < -0.3 is 9.47 Å². The van der Waals surface area contributed by atoms with E-state index in [0.717, 1.165) is 5.33 Å². The number of rotatable bonds is 7. The zero-order chi connectivity index (χ0) is 12.4. The number of hydrogen-bond acceptors (Lipinski definition) is 4. The molecule has 1 atom stereocenters. The van der Waals surface area contributed by atoms with Gasteiger partial charge in [-0.05, 0) is 12.8 Å². The third-order valence-corrected chi connectivity index (χ3v) is 2.51. The molecule has 0 amide bonds. The largest absolute Gasteiger partial charge is 0.469 e. The Hall–Kier alpha value is -0.840. The van der Waals surface area contributed by atoms with Crippen molar-refractivity contribution in [2.75, 3.05) is 19.5 Å². The Morgan fingerprint density at radius 3 is 2.44 bits per heavy atom. The molecule has 0 radical (unpaired) electrons. The van der Waals surface area contributed by atoms with E-state index in [9.17, 15) is 9.59 Å². The molecule has 0 aliphatic rings. The average molecular weight is 293 g/mol. The van der Waals surface area contributed by atoms with Crippen LogP contribution in [0.25, 0.3) is 0 Å². The van der Waals surface area contributed by atoms with Crippen LogP contribution in [0.15, 0.2) is 12.2 Å². The second kappa shape index (κ2) is 9.39. The Morgan fingerprint density at radius 1 is 1.25 bits per heavy atom. The van der Waals surface area contributed by atoms with E-state index in [1.807, 2.05) is 12.2 Å². The van der Waals surface area contributed by atoms with E-state index < -0.39 is 0 Å². The quantitative estimate of drug-likeness (QED) is 0.409. The standard InChI is InChI=1S/C11H17BrO4/c1-15-10(13)7-6-9(11(14)16-2)5-3-4-8-12/h3-4,9H,5-8H2,1-2H3/b4-3+. The minimum Gasteiger partial charge on any atom is -0.469 e. The van der Waals surface area contributed by atoms with Crippen LogP contribution in [0.3, 0.4) is 0 Å². The van der Waals surface area contributed by atoms with Crippen LogP contribution >= 0.6 is 15.9 Å². The first-order valence-corrected chi connectivity index (χ1v) is 6.13. The molecular weight excluding hydrogens is 276 g/mol. The predicted molar refractivity (Wildman–Crippen MR) is 64.3 cm³/mol. The number of allylic oxidation sites excluding steroid dienone is 2. The van der Waals surface area contributed by atoms with E-state index in [-0.39, 0.29) is 24.3 Å². The van der Waals surface area contributed by atoms with Crippen molar-refractivity contribution in [3.8, 4) is 0 Å². The SMILES string of the molecule is COC(=O)CCC(C/C=C/CBr)C(=O)OC. The summed E-state index contributed by atoms with van der Waals surface area (Å²) in [6, 6.07) is 0. The van der Waals surface area contributed by atoms with Gasteiger partial charge in [0.05, 0.1) is 20.1 Å². The molecule has 0 spiro atoms. The van der Waals surface area contributed by atoms with Gasteiger partial charge in [-0.15, -0.1) is 0 Å². The molecule has 4 nitrogen and oxygen atoms in total. The molecule has 0 aromatic heterocycles. The van der Waals surface area contributed by atoms with E-state index >= 15 is 0 Å². The summed E-state index contributed by atoms with van der Waals surface area (Å²) in [4.78, 5) is 22.3. The van der Waals surface area contributed by atoms with Crippen LogP contribution in [0.1, 0.15) is 19.3 Å². The fourth-order valence-electron chi connectivity index (χ4n) is 1.22. The Morgan fingerprint density at radius 2 is 1.94 bits per heavy atom. The Labute approximate surface area is 104 Å². The number of halogens is 1. The van der Waals surface area contributed by atoms with Gasteiger partial charge in [-0.2, -0.15) is 0 Å². The minimum absolute atomic E-state index is 0.235. The molecule has 1 unspecified atom stereocenters. The summed E-state index contributed by atoms with van der Waals surface area (Å²) < 4.78 is 9.20. The highest BCUT2D eigenvalue weighted by Crippen LogP contribution is 2.14. The molecule has 0 aromatic rings. The van der Waals surface area contributed by atoms with Crippen molar-refractivity contribution in [3.63, 3.8) is 0 Å². The van der Waals surface area contributed by atoms with Gasteiger partial charge in [0.1, 0.15) is 0 Å². The summed E-state index contributed by atoms with van der Waals surface area (Å²) in [5.41, 5.74) is 0. The molecule has 0 heterocycles. The van der Waals surface area contributed by atoms with Gasteiger partial charge in [0.25, 0.3) is 0 Å². The van der Waals surface area contributed by atoms with Crippen LogP contribution in [0.2, 0.25) is 0 Å².